The normalized spacial score (nSPS) is 18.2. The zero-order valence-electron chi connectivity index (χ0n) is 25.2. The van der Waals surface area contributed by atoms with Gasteiger partial charge < -0.3 is 28.6 Å². The van der Waals surface area contributed by atoms with E-state index in [1.165, 1.54) is 6.07 Å². The van der Waals surface area contributed by atoms with Crippen LogP contribution in [0.25, 0.3) is 11.0 Å². The lowest BCUT2D eigenvalue weighted by molar-refractivity contribution is -0.0592. The summed E-state index contributed by atoms with van der Waals surface area (Å²) in [5.41, 5.74) is 5.24. The first-order chi connectivity index (χ1) is 22.0. The molecule has 3 aliphatic rings. The number of aromatic nitrogens is 3. The van der Waals surface area contributed by atoms with Crippen LogP contribution in [0.4, 0.5) is 0 Å². The predicted molar refractivity (Wildman–Crippen MR) is 164 cm³/mol. The van der Waals surface area contributed by atoms with Gasteiger partial charge in [0, 0.05) is 35.9 Å². The molecule has 0 radical (unpaired) electrons. The Labute approximate surface area is 260 Å². The molecule has 1 atom stereocenters. The van der Waals surface area contributed by atoms with Gasteiger partial charge in [0.15, 0.2) is 0 Å². The number of carbonyl (C=O) groups is 1. The number of rotatable bonds is 10. The average Bonchev–Trinajstić information content (AvgIpc) is 3.67. The Morgan fingerprint density at radius 2 is 2.02 bits per heavy atom. The van der Waals surface area contributed by atoms with Crippen LogP contribution in [-0.4, -0.2) is 70.0 Å². The summed E-state index contributed by atoms with van der Waals surface area (Å²) in [5.74, 6) is 2.04. The number of fused-ring (bicyclic) bond motifs is 2. The second kappa shape index (κ2) is 12.4. The predicted octanol–water partition coefficient (Wildman–Crippen LogP) is 4.69. The van der Waals surface area contributed by atoms with E-state index in [9.17, 15) is 15.2 Å². The number of ether oxygens (including phenoxy) is 4. The van der Waals surface area contributed by atoms with Crippen LogP contribution in [0.15, 0.2) is 42.6 Å². The van der Waals surface area contributed by atoms with Gasteiger partial charge in [-0.25, -0.2) is 14.8 Å². The minimum Gasteiger partial charge on any atom is -0.494 e. The number of aromatic carboxylic acids is 1. The van der Waals surface area contributed by atoms with E-state index >= 15 is 0 Å². The highest BCUT2D eigenvalue weighted by Gasteiger charge is 2.28. The minimum atomic E-state index is -1.00. The zero-order valence-corrected chi connectivity index (χ0v) is 25.2. The van der Waals surface area contributed by atoms with Crippen LogP contribution in [0.1, 0.15) is 63.6 Å². The Morgan fingerprint density at radius 1 is 1.18 bits per heavy atom. The molecule has 0 spiro atoms. The topological polar surface area (TPSA) is 132 Å². The van der Waals surface area contributed by atoms with E-state index in [2.05, 4.69) is 26.6 Å². The molecule has 232 valence electrons. The van der Waals surface area contributed by atoms with E-state index in [0.717, 1.165) is 79.2 Å². The maximum Gasteiger partial charge on any atom is 0.335 e. The molecule has 11 nitrogen and oxygen atoms in total. The molecule has 11 heteroatoms. The molecule has 0 amide bonds. The number of carboxylic acids is 1. The lowest BCUT2D eigenvalue weighted by Crippen LogP contribution is -2.35. The van der Waals surface area contributed by atoms with Gasteiger partial charge in [0.2, 0.25) is 5.88 Å². The molecule has 0 aliphatic carbocycles. The number of hydrogen-bond donors (Lipinski definition) is 1. The summed E-state index contributed by atoms with van der Waals surface area (Å²) in [5, 5.41) is 19.1. The molecule has 1 N–H and O–H groups in total. The SMILES string of the molecule is COc1cc(C(=O)O)cc2c1nc(CN1CCC(c3cccnc3OCc3ccc(C#N)c4c3OCC4)CC1)n2CC1CCO1. The highest BCUT2D eigenvalue weighted by Crippen LogP contribution is 2.37. The standard InChI is InChI=1S/C34H35N5O6/c1-42-29-16-24(34(40)41)15-28-31(29)37-30(39(28)18-25-8-13-43-25)19-38-11-6-21(7-12-38)27-3-2-10-36-33(27)45-20-23-5-4-22(17-35)26-9-14-44-32(23)26/h2-5,10,15-16,21,25H,6-9,11-14,18-20H2,1H3,(H,40,41). The maximum absolute atomic E-state index is 11.8. The van der Waals surface area contributed by atoms with Gasteiger partial charge in [-0.1, -0.05) is 12.1 Å². The van der Waals surface area contributed by atoms with Gasteiger partial charge >= 0.3 is 5.97 Å². The van der Waals surface area contributed by atoms with Crippen LogP contribution >= 0.6 is 0 Å². The third-order valence-electron chi connectivity index (χ3n) is 9.16. The van der Waals surface area contributed by atoms with Crippen LogP contribution in [0.5, 0.6) is 17.4 Å². The van der Waals surface area contributed by atoms with Crippen LogP contribution in [0.3, 0.4) is 0 Å². The number of piperidine rings is 1. The van der Waals surface area contributed by atoms with Crippen LogP contribution < -0.4 is 14.2 Å². The fourth-order valence-electron chi connectivity index (χ4n) is 6.64. The van der Waals surface area contributed by atoms with E-state index in [-0.39, 0.29) is 11.7 Å². The Balaban J connectivity index is 1.06. The van der Waals surface area contributed by atoms with E-state index in [0.29, 0.717) is 54.9 Å². The van der Waals surface area contributed by atoms with Gasteiger partial charge in [-0.15, -0.1) is 0 Å². The van der Waals surface area contributed by atoms with Crippen LogP contribution in [-0.2, 0) is 30.9 Å². The number of nitrogens with zero attached hydrogens (tertiary/aromatic N) is 5. The molecule has 0 saturated carbocycles. The average molecular weight is 610 g/mol. The highest BCUT2D eigenvalue weighted by molar-refractivity contribution is 5.95. The van der Waals surface area contributed by atoms with E-state index in [1.54, 1.807) is 19.4 Å². The van der Waals surface area contributed by atoms with Crippen molar-refractivity contribution in [1.82, 2.24) is 19.4 Å². The molecule has 45 heavy (non-hydrogen) atoms. The van der Waals surface area contributed by atoms with E-state index < -0.39 is 5.97 Å². The zero-order chi connectivity index (χ0) is 30.9. The van der Waals surface area contributed by atoms with Gasteiger partial charge in [-0.05, 0) is 62.5 Å². The molecule has 4 aromatic rings. The summed E-state index contributed by atoms with van der Waals surface area (Å²) in [6, 6.07) is 13.3. The first-order valence-corrected chi connectivity index (χ1v) is 15.4. The molecule has 3 aliphatic heterocycles. The van der Waals surface area contributed by atoms with Crippen molar-refractivity contribution in [3.63, 3.8) is 0 Å². The number of carboxylic acid groups (broad SMARTS) is 1. The smallest absolute Gasteiger partial charge is 0.335 e. The fraction of sp³-hybridized carbons (Fsp3) is 0.412. The molecule has 1 unspecified atom stereocenters. The minimum absolute atomic E-state index is 0.0901. The van der Waals surface area contributed by atoms with Crippen molar-refractivity contribution in [1.29, 1.82) is 5.26 Å². The van der Waals surface area contributed by atoms with Crippen molar-refractivity contribution in [3.8, 4) is 23.4 Å². The van der Waals surface area contributed by atoms with Gasteiger partial charge in [0.25, 0.3) is 0 Å². The lowest BCUT2D eigenvalue weighted by Gasteiger charge is -2.33. The number of pyridine rings is 1. The summed E-state index contributed by atoms with van der Waals surface area (Å²) >= 11 is 0. The summed E-state index contributed by atoms with van der Waals surface area (Å²) in [7, 11) is 1.54. The summed E-state index contributed by atoms with van der Waals surface area (Å²) in [4.78, 5) is 23.8. The maximum atomic E-state index is 11.8. The monoisotopic (exact) mass is 609 g/mol. The number of hydrogen-bond acceptors (Lipinski definition) is 9. The highest BCUT2D eigenvalue weighted by atomic mass is 16.5. The van der Waals surface area contributed by atoms with Crippen LogP contribution in [0.2, 0.25) is 0 Å². The van der Waals surface area contributed by atoms with Gasteiger partial charge in [-0.3, -0.25) is 4.90 Å². The number of likely N-dealkylation sites (tertiary alicyclic amines) is 1. The molecular formula is C34H35N5O6. The van der Waals surface area contributed by atoms with E-state index in [4.69, 9.17) is 23.9 Å². The molecule has 7 rings (SSSR count). The number of benzene rings is 2. The quantitative estimate of drug-likeness (QED) is 0.270. The van der Waals surface area contributed by atoms with Gasteiger partial charge in [0.05, 0.1) is 55.6 Å². The number of imidazole rings is 1. The Morgan fingerprint density at radius 3 is 2.76 bits per heavy atom. The molecule has 2 aromatic heterocycles. The van der Waals surface area contributed by atoms with E-state index in [1.807, 2.05) is 18.2 Å². The van der Waals surface area contributed by atoms with Crippen molar-refractivity contribution in [2.75, 3.05) is 33.4 Å². The fourth-order valence-corrected chi connectivity index (χ4v) is 6.64. The summed E-state index contributed by atoms with van der Waals surface area (Å²) in [6.07, 6.45) is 5.43. The molecule has 5 heterocycles. The van der Waals surface area contributed by atoms with Crippen molar-refractivity contribution in [2.45, 2.75) is 57.4 Å². The third kappa shape index (κ3) is 5.67. The number of nitriles is 1. The lowest BCUT2D eigenvalue weighted by atomic mass is 9.90. The van der Waals surface area contributed by atoms with Crippen LogP contribution in [0, 0.1) is 11.3 Å². The molecule has 0 bridgehead atoms. The summed E-state index contributed by atoms with van der Waals surface area (Å²) < 4.78 is 25.5. The first kappa shape index (κ1) is 29.1. The third-order valence-corrected chi connectivity index (χ3v) is 9.16. The number of methoxy groups -OCH3 is 1. The Kier molecular flexibility index (Phi) is 8.00. The van der Waals surface area contributed by atoms with Crippen molar-refractivity contribution >= 4 is 17.0 Å². The molecule has 2 saturated heterocycles. The molecule has 2 aromatic carbocycles. The Bertz CT molecular complexity index is 1780. The van der Waals surface area contributed by atoms with Gasteiger partial charge in [-0.2, -0.15) is 5.26 Å². The van der Waals surface area contributed by atoms with Crippen molar-refractivity contribution in [2.24, 2.45) is 0 Å². The molecule has 2 fully saturated rings. The van der Waals surface area contributed by atoms with Gasteiger partial charge in [0.1, 0.15) is 29.4 Å². The summed E-state index contributed by atoms with van der Waals surface area (Å²) in [6.45, 7) is 4.65. The first-order valence-electron chi connectivity index (χ1n) is 15.4. The largest absolute Gasteiger partial charge is 0.494 e. The Hall–Kier alpha value is -4.66. The van der Waals surface area contributed by atoms with Crippen molar-refractivity contribution < 1.29 is 28.8 Å². The second-order valence-corrected chi connectivity index (χ2v) is 11.8. The second-order valence-electron chi connectivity index (χ2n) is 11.8. The molecular weight excluding hydrogens is 574 g/mol. The van der Waals surface area contributed by atoms with Crippen molar-refractivity contribution in [3.05, 3.63) is 76.2 Å².